The highest BCUT2D eigenvalue weighted by Crippen LogP contribution is 2.32. The maximum atomic E-state index is 14.1. The molecule has 1 aromatic carbocycles. The third kappa shape index (κ3) is 3.75. The highest BCUT2D eigenvalue weighted by atomic mass is 19.1. The van der Waals surface area contributed by atoms with E-state index in [0.29, 0.717) is 31.5 Å². The summed E-state index contributed by atoms with van der Waals surface area (Å²) in [7, 11) is 1.56. The van der Waals surface area contributed by atoms with Gasteiger partial charge in [0.15, 0.2) is 11.4 Å². The summed E-state index contributed by atoms with van der Waals surface area (Å²) in [6.45, 7) is 1.75. The van der Waals surface area contributed by atoms with Gasteiger partial charge in [0.1, 0.15) is 17.2 Å². The highest BCUT2D eigenvalue weighted by Gasteiger charge is 2.38. The number of amides is 2. The van der Waals surface area contributed by atoms with Crippen LogP contribution in [0.25, 0.3) is 0 Å². The number of hydrogen-bond acceptors (Lipinski definition) is 5. The Hall–Kier alpha value is -3.27. The predicted octanol–water partition coefficient (Wildman–Crippen LogP) is 1.88. The smallest absolute Gasteiger partial charge is 0.274 e. The maximum absolute atomic E-state index is 14.1. The van der Waals surface area contributed by atoms with Crippen molar-refractivity contribution in [2.45, 2.75) is 38.5 Å². The van der Waals surface area contributed by atoms with Gasteiger partial charge in [0.2, 0.25) is 5.43 Å². The number of aryl methyl sites for hydroxylation is 1. The summed E-state index contributed by atoms with van der Waals surface area (Å²) in [4.78, 5) is 39.8. The molecule has 1 aromatic heterocycles. The number of methoxy groups -OCH3 is 1. The van der Waals surface area contributed by atoms with Crippen molar-refractivity contribution in [3.63, 3.8) is 0 Å². The zero-order valence-corrected chi connectivity index (χ0v) is 17.7. The van der Waals surface area contributed by atoms with Crippen LogP contribution >= 0.6 is 0 Å². The fraction of sp³-hybridized carbons (Fsp3) is 0.409. The first kappa shape index (κ1) is 21.9. The molecule has 3 heterocycles. The van der Waals surface area contributed by atoms with Gasteiger partial charge in [-0.1, -0.05) is 0 Å². The second-order valence-electron chi connectivity index (χ2n) is 8.17. The molecule has 4 rings (SSSR count). The number of fused-ring (bicyclic) bond motifs is 4. The number of benzene rings is 1. The highest BCUT2D eigenvalue weighted by molar-refractivity contribution is 5.99. The Morgan fingerprint density at radius 2 is 1.91 bits per heavy atom. The van der Waals surface area contributed by atoms with Gasteiger partial charge in [-0.05, 0) is 37.5 Å². The van der Waals surface area contributed by atoms with Gasteiger partial charge < -0.3 is 24.6 Å². The molecule has 1 fully saturated rings. The second-order valence-corrected chi connectivity index (χ2v) is 8.17. The Labute approximate surface area is 182 Å². The third-order valence-corrected chi connectivity index (χ3v) is 6.06. The number of carbonyl (C=O) groups is 2. The van der Waals surface area contributed by atoms with Crippen LogP contribution in [0, 0.1) is 18.6 Å². The molecule has 1 saturated heterocycles. The van der Waals surface area contributed by atoms with Gasteiger partial charge in [0.25, 0.3) is 11.8 Å². The van der Waals surface area contributed by atoms with Gasteiger partial charge in [0.05, 0.1) is 12.1 Å². The minimum absolute atomic E-state index is 0.171. The number of nitrogens with zero attached hydrogens (tertiary/aromatic N) is 2. The van der Waals surface area contributed by atoms with Crippen molar-refractivity contribution < 1.29 is 28.2 Å². The molecule has 0 spiro atoms. The van der Waals surface area contributed by atoms with Crippen LogP contribution in [0.3, 0.4) is 0 Å². The van der Waals surface area contributed by atoms with Crippen molar-refractivity contribution in [3.05, 3.63) is 62.6 Å². The SMILES string of the molecule is COC1CCC2CN(C1)C(=O)c1c(O)c(=O)c(C(=O)NCc3c(F)cc(C)cc3F)cn12. The molecule has 32 heavy (non-hydrogen) atoms. The zero-order valence-electron chi connectivity index (χ0n) is 17.7. The quantitative estimate of drug-likeness (QED) is 0.746. The lowest BCUT2D eigenvalue weighted by Crippen LogP contribution is -2.45. The van der Waals surface area contributed by atoms with Gasteiger partial charge >= 0.3 is 0 Å². The molecule has 2 aliphatic heterocycles. The van der Waals surface area contributed by atoms with E-state index >= 15 is 0 Å². The zero-order chi connectivity index (χ0) is 23.2. The number of hydrogen-bond donors (Lipinski definition) is 2. The normalized spacial score (nSPS) is 20.0. The van der Waals surface area contributed by atoms with E-state index in [-0.39, 0.29) is 23.4 Å². The number of ether oxygens (including phenoxy) is 1. The maximum Gasteiger partial charge on any atom is 0.274 e. The minimum Gasteiger partial charge on any atom is -0.503 e. The molecule has 0 aliphatic carbocycles. The number of carbonyl (C=O) groups excluding carboxylic acids is 2. The average molecular weight is 447 g/mol. The number of rotatable bonds is 4. The van der Waals surface area contributed by atoms with E-state index in [2.05, 4.69) is 5.32 Å². The Morgan fingerprint density at radius 1 is 1.22 bits per heavy atom. The first-order chi connectivity index (χ1) is 15.2. The van der Waals surface area contributed by atoms with Crippen molar-refractivity contribution >= 4 is 11.8 Å². The predicted molar refractivity (Wildman–Crippen MR) is 110 cm³/mol. The van der Waals surface area contributed by atoms with E-state index in [1.807, 2.05) is 0 Å². The first-order valence-electron chi connectivity index (χ1n) is 10.2. The lowest BCUT2D eigenvalue weighted by Gasteiger charge is -2.34. The summed E-state index contributed by atoms with van der Waals surface area (Å²) in [5.41, 5.74) is -1.55. The summed E-state index contributed by atoms with van der Waals surface area (Å²) >= 11 is 0. The van der Waals surface area contributed by atoms with Crippen molar-refractivity contribution in [1.29, 1.82) is 0 Å². The van der Waals surface area contributed by atoms with E-state index in [1.165, 1.54) is 22.6 Å². The molecule has 8 nitrogen and oxygen atoms in total. The van der Waals surface area contributed by atoms with Gasteiger partial charge in [-0.15, -0.1) is 0 Å². The van der Waals surface area contributed by atoms with Crippen LogP contribution in [0.4, 0.5) is 8.78 Å². The van der Waals surface area contributed by atoms with Gasteiger partial charge in [-0.3, -0.25) is 14.4 Å². The standard InChI is InChI=1S/C22H23F2N3O5/c1-11-5-16(23)14(17(24)6-11)7-25-21(30)15-10-27-12-3-4-13(32-2)9-26(8-12)22(31)18(27)20(29)19(15)28/h5-6,10,12-13,29H,3-4,7-9H2,1-2H3,(H,25,30). The Balaban J connectivity index is 1.66. The molecule has 2 N–H and O–H groups in total. The molecule has 2 atom stereocenters. The van der Waals surface area contributed by atoms with Crippen LogP contribution < -0.4 is 10.7 Å². The Bertz CT molecular complexity index is 1140. The molecule has 10 heteroatoms. The number of halogens is 2. The van der Waals surface area contributed by atoms with E-state index in [4.69, 9.17) is 4.74 Å². The molecular weight excluding hydrogens is 424 g/mol. The van der Waals surface area contributed by atoms with E-state index in [9.17, 15) is 28.3 Å². The molecule has 2 aliphatic rings. The monoisotopic (exact) mass is 447 g/mol. The molecular formula is C22H23F2N3O5. The van der Waals surface area contributed by atoms with Crippen LogP contribution in [0.5, 0.6) is 5.75 Å². The summed E-state index contributed by atoms with van der Waals surface area (Å²) in [6, 6.07) is 2.02. The molecule has 0 saturated carbocycles. The molecule has 2 unspecified atom stereocenters. The second kappa shape index (κ2) is 8.34. The van der Waals surface area contributed by atoms with E-state index in [1.54, 1.807) is 7.11 Å². The first-order valence-corrected chi connectivity index (χ1v) is 10.2. The van der Waals surface area contributed by atoms with Crippen molar-refractivity contribution in [1.82, 2.24) is 14.8 Å². The Morgan fingerprint density at radius 3 is 2.56 bits per heavy atom. The molecule has 0 radical (unpaired) electrons. The minimum atomic E-state index is -1.02. The van der Waals surface area contributed by atoms with Crippen LogP contribution in [0.2, 0.25) is 0 Å². The van der Waals surface area contributed by atoms with E-state index in [0.717, 1.165) is 12.1 Å². The van der Waals surface area contributed by atoms with Crippen LogP contribution in [-0.2, 0) is 11.3 Å². The fourth-order valence-electron chi connectivity index (χ4n) is 4.31. The van der Waals surface area contributed by atoms with Crippen molar-refractivity contribution in [2.75, 3.05) is 20.2 Å². The van der Waals surface area contributed by atoms with Crippen LogP contribution in [0.15, 0.2) is 23.1 Å². The average Bonchev–Trinajstić information content (AvgIpc) is 2.94. The lowest BCUT2D eigenvalue weighted by molar-refractivity contribution is 0.0481. The Kier molecular flexibility index (Phi) is 5.72. The molecule has 2 amide bonds. The summed E-state index contributed by atoms with van der Waals surface area (Å²) in [5.74, 6) is -3.87. The van der Waals surface area contributed by atoms with Crippen LogP contribution in [0.1, 0.15) is 50.9 Å². The molecule has 2 aromatic rings. The number of aromatic hydroxyl groups is 1. The van der Waals surface area contributed by atoms with Crippen LogP contribution in [-0.4, -0.2) is 52.7 Å². The molecule has 2 bridgehead atoms. The largest absolute Gasteiger partial charge is 0.503 e. The van der Waals surface area contributed by atoms with Crippen molar-refractivity contribution in [3.8, 4) is 5.75 Å². The summed E-state index contributed by atoms with van der Waals surface area (Å²) < 4.78 is 35.0. The summed E-state index contributed by atoms with van der Waals surface area (Å²) in [5, 5.41) is 12.8. The topological polar surface area (TPSA) is 101 Å². The van der Waals surface area contributed by atoms with Gasteiger partial charge in [-0.2, -0.15) is 0 Å². The number of aromatic nitrogens is 1. The lowest BCUT2D eigenvalue weighted by atomic mass is 10.1. The van der Waals surface area contributed by atoms with Gasteiger partial charge in [-0.25, -0.2) is 8.78 Å². The van der Waals surface area contributed by atoms with E-state index < -0.39 is 46.7 Å². The van der Waals surface area contributed by atoms with Gasteiger partial charge in [0, 0.05) is 38.5 Å². The fourth-order valence-corrected chi connectivity index (χ4v) is 4.31. The summed E-state index contributed by atoms with van der Waals surface area (Å²) in [6.07, 6.45) is 2.33. The number of nitrogens with one attached hydrogen (secondary N) is 1. The third-order valence-electron chi connectivity index (χ3n) is 6.06. The molecule has 170 valence electrons. The van der Waals surface area contributed by atoms with Crippen molar-refractivity contribution in [2.24, 2.45) is 0 Å². The number of pyridine rings is 1.